The molecule has 1 fully saturated rings. The average molecular weight is 380 g/mol. The van der Waals surface area contributed by atoms with Crippen molar-refractivity contribution in [1.82, 2.24) is 10.2 Å². The van der Waals surface area contributed by atoms with Crippen molar-refractivity contribution in [2.45, 2.75) is 26.2 Å². The molecule has 1 aliphatic rings. The Morgan fingerprint density at radius 2 is 1.82 bits per heavy atom. The molecule has 0 bridgehead atoms. The van der Waals surface area contributed by atoms with Crippen molar-refractivity contribution in [2.24, 2.45) is 5.92 Å². The summed E-state index contributed by atoms with van der Waals surface area (Å²) in [4.78, 5) is 27.3. The van der Waals surface area contributed by atoms with Crippen LogP contribution in [0.25, 0.3) is 0 Å². The number of hydrogen-bond acceptors (Lipinski definition) is 3. The first-order valence-corrected chi connectivity index (χ1v) is 10.0. The van der Waals surface area contributed by atoms with E-state index in [1.165, 1.54) is 12.0 Å². The molecule has 1 saturated heterocycles. The Kier molecular flexibility index (Phi) is 7.20. The van der Waals surface area contributed by atoms with Gasteiger partial charge in [-0.25, -0.2) is 0 Å². The van der Waals surface area contributed by atoms with Crippen LogP contribution < -0.4 is 10.6 Å². The molecule has 1 aliphatic heterocycles. The van der Waals surface area contributed by atoms with E-state index in [0.29, 0.717) is 30.3 Å². The SMILES string of the molecule is C[C@@H]1CCCN(CC(=O)Nc2ccccc2C(=O)NCCc2ccccc2)C1. The monoisotopic (exact) mass is 379 g/mol. The first-order chi connectivity index (χ1) is 13.6. The molecule has 0 spiro atoms. The second-order valence-electron chi connectivity index (χ2n) is 7.57. The van der Waals surface area contributed by atoms with E-state index in [2.05, 4.69) is 22.5 Å². The van der Waals surface area contributed by atoms with Crippen molar-refractivity contribution in [1.29, 1.82) is 0 Å². The Morgan fingerprint density at radius 3 is 2.61 bits per heavy atom. The predicted molar refractivity (Wildman–Crippen MR) is 112 cm³/mol. The third-order valence-electron chi connectivity index (χ3n) is 5.10. The van der Waals surface area contributed by atoms with E-state index in [-0.39, 0.29) is 11.8 Å². The summed E-state index contributed by atoms with van der Waals surface area (Å²) in [6.07, 6.45) is 3.13. The molecule has 0 unspecified atom stereocenters. The summed E-state index contributed by atoms with van der Waals surface area (Å²) >= 11 is 0. The van der Waals surface area contributed by atoms with Gasteiger partial charge in [0.25, 0.3) is 5.91 Å². The highest BCUT2D eigenvalue weighted by atomic mass is 16.2. The lowest BCUT2D eigenvalue weighted by Crippen LogP contribution is -2.40. The minimum atomic E-state index is -0.168. The molecule has 1 atom stereocenters. The average Bonchev–Trinajstić information content (AvgIpc) is 2.69. The molecule has 0 aliphatic carbocycles. The first-order valence-electron chi connectivity index (χ1n) is 10.0. The summed E-state index contributed by atoms with van der Waals surface area (Å²) in [6, 6.07) is 17.2. The zero-order chi connectivity index (χ0) is 19.8. The van der Waals surface area contributed by atoms with Crippen LogP contribution in [0.5, 0.6) is 0 Å². The van der Waals surface area contributed by atoms with Gasteiger partial charge in [0.15, 0.2) is 0 Å². The quantitative estimate of drug-likeness (QED) is 0.776. The lowest BCUT2D eigenvalue weighted by atomic mass is 10.0. The van der Waals surface area contributed by atoms with Gasteiger partial charge in [-0.05, 0) is 49.4 Å². The minimum absolute atomic E-state index is 0.0707. The number of carbonyl (C=O) groups is 2. The van der Waals surface area contributed by atoms with Crippen molar-refractivity contribution in [3.8, 4) is 0 Å². The number of likely N-dealkylation sites (tertiary alicyclic amines) is 1. The molecule has 148 valence electrons. The number of rotatable bonds is 7. The fourth-order valence-corrected chi connectivity index (χ4v) is 3.67. The number of nitrogens with zero attached hydrogens (tertiary/aromatic N) is 1. The normalized spacial score (nSPS) is 17.1. The van der Waals surface area contributed by atoms with Gasteiger partial charge >= 0.3 is 0 Å². The molecular formula is C23H29N3O2. The lowest BCUT2D eigenvalue weighted by molar-refractivity contribution is -0.117. The van der Waals surface area contributed by atoms with Gasteiger partial charge in [0.1, 0.15) is 0 Å². The lowest BCUT2D eigenvalue weighted by Gasteiger charge is -2.30. The molecule has 2 N–H and O–H groups in total. The van der Waals surface area contributed by atoms with Crippen molar-refractivity contribution in [3.05, 3.63) is 65.7 Å². The number of piperidine rings is 1. The van der Waals surface area contributed by atoms with E-state index < -0.39 is 0 Å². The molecule has 0 saturated carbocycles. The molecule has 2 aromatic rings. The fraction of sp³-hybridized carbons (Fsp3) is 0.391. The summed E-state index contributed by atoms with van der Waals surface area (Å²) in [6.45, 7) is 5.05. The van der Waals surface area contributed by atoms with Crippen LogP contribution in [0.15, 0.2) is 54.6 Å². The molecule has 28 heavy (non-hydrogen) atoms. The topological polar surface area (TPSA) is 61.4 Å². The van der Waals surface area contributed by atoms with Crippen LogP contribution in [0, 0.1) is 5.92 Å². The van der Waals surface area contributed by atoms with Crippen molar-refractivity contribution >= 4 is 17.5 Å². The third kappa shape index (κ3) is 5.92. The van der Waals surface area contributed by atoms with Crippen molar-refractivity contribution in [3.63, 3.8) is 0 Å². The summed E-state index contributed by atoms with van der Waals surface area (Å²) < 4.78 is 0. The van der Waals surface area contributed by atoms with Gasteiger partial charge in [-0.15, -0.1) is 0 Å². The number of nitrogens with one attached hydrogen (secondary N) is 2. The maximum atomic E-state index is 12.6. The van der Waals surface area contributed by atoms with Crippen LogP contribution in [0.4, 0.5) is 5.69 Å². The Hall–Kier alpha value is -2.66. The minimum Gasteiger partial charge on any atom is -0.352 e. The van der Waals surface area contributed by atoms with E-state index in [9.17, 15) is 9.59 Å². The van der Waals surface area contributed by atoms with Crippen molar-refractivity contribution in [2.75, 3.05) is 31.5 Å². The van der Waals surface area contributed by atoms with Gasteiger partial charge < -0.3 is 10.6 Å². The summed E-state index contributed by atoms with van der Waals surface area (Å²) in [5, 5.41) is 5.87. The molecular weight excluding hydrogens is 350 g/mol. The smallest absolute Gasteiger partial charge is 0.253 e. The van der Waals surface area contributed by atoms with Gasteiger partial charge in [0.2, 0.25) is 5.91 Å². The van der Waals surface area contributed by atoms with Gasteiger partial charge in [-0.1, -0.05) is 49.4 Å². The van der Waals surface area contributed by atoms with Gasteiger partial charge in [0, 0.05) is 13.1 Å². The molecule has 2 aromatic carbocycles. The van der Waals surface area contributed by atoms with Crippen LogP contribution in [-0.2, 0) is 11.2 Å². The maximum absolute atomic E-state index is 12.6. The van der Waals surface area contributed by atoms with Crippen LogP contribution in [0.1, 0.15) is 35.7 Å². The highest BCUT2D eigenvalue weighted by Crippen LogP contribution is 2.17. The van der Waals surface area contributed by atoms with Crippen LogP contribution in [-0.4, -0.2) is 42.9 Å². The van der Waals surface area contributed by atoms with E-state index in [1.54, 1.807) is 12.1 Å². The summed E-state index contributed by atoms with van der Waals surface area (Å²) in [5.41, 5.74) is 2.24. The van der Waals surface area contributed by atoms with Crippen LogP contribution in [0.3, 0.4) is 0 Å². The molecule has 5 nitrogen and oxygen atoms in total. The fourth-order valence-electron chi connectivity index (χ4n) is 3.67. The Balaban J connectivity index is 1.54. The number of anilines is 1. The summed E-state index contributed by atoms with van der Waals surface area (Å²) in [5.74, 6) is 0.390. The zero-order valence-electron chi connectivity index (χ0n) is 16.5. The van der Waals surface area contributed by atoms with Gasteiger partial charge in [-0.2, -0.15) is 0 Å². The number of para-hydroxylation sites is 1. The predicted octanol–water partition coefficient (Wildman–Crippen LogP) is 3.33. The number of hydrogen-bond donors (Lipinski definition) is 2. The van der Waals surface area contributed by atoms with E-state index >= 15 is 0 Å². The second kappa shape index (κ2) is 10.0. The molecule has 1 heterocycles. The van der Waals surface area contributed by atoms with E-state index in [1.807, 2.05) is 42.5 Å². The highest BCUT2D eigenvalue weighted by molar-refractivity contribution is 6.04. The van der Waals surface area contributed by atoms with E-state index in [0.717, 1.165) is 25.9 Å². The third-order valence-corrected chi connectivity index (χ3v) is 5.10. The van der Waals surface area contributed by atoms with Gasteiger partial charge in [-0.3, -0.25) is 14.5 Å². The van der Waals surface area contributed by atoms with Crippen LogP contribution in [0.2, 0.25) is 0 Å². The molecule has 3 rings (SSSR count). The number of carbonyl (C=O) groups excluding carboxylic acids is 2. The summed E-state index contributed by atoms with van der Waals surface area (Å²) in [7, 11) is 0. The first kappa shape index (κ1) is 20.1. The highest BCUT2D eigenvalue weighted by Gasteiger charge is 2.19. The maximum Gasteiger partial charge on any atom is 0.253 e. The molecule has 2 amide bonds. The molecule has 5 heteroatoms. The standard InChI is InChI=1S/C23H29N3O2/c1-18-8-7-15-26(16-18)17-22(27)25-21-12-6-5-11-20(21)23(28)24-14-13-19-9-3-2-4-10-19/h2-6,9-12,18H,7-8,13-17H2,1H3,(H,24,28)(H,25,27)/t18-/m1/s1. The molecule has 0 radical (unpaired) electrons. The second-order valence-corrected chi connectivity index (χ2v) is 7.57. The van der Waals surface area contributed by atoms with Gasteiger partial charge in [0.05, 0.1) is 17.8 Å². The number of amides is 2. The number of benzene rings is 2. The largest absolute Gasteiger partial charge is 0.352 e. The zero-order valence-corrected chi connectivity index (χ0v) is 16.5. The Labute approximate surface area is 167 Å². The van der Waals surface area contributed by atoms with Crippen LogP contribution >= 0.6 is 0 Å². The van der Waals surface area contributed by atoms with E-state index in [4.69, 9.17) is 0 Å². The Morgan fingerprint density at radius 1 is 1.07 bits per heavy atom. The van der Waals surface area contributed by atoms with Crippen molar-refractivity contribution < 1.29 is 9.59 Å². The molecule has 0 aromatic heterocycles. The Bertz CT molecular complexity index is 791.